The molecular formula is C21H33N5O4S2. The van der Waals surface area contributed by atoms with E-state index in [1.807, 2.05) is 52.8 Å². The molecule has 0 radical (unpaired) electrons. The van der Waals surface area contributed by atoms with Gasteiger partial charge in [0.15, 0.2) is 0 Å². The first-order valence-electron chi connectivity index (χ1n) is 10.6. The summed E-state index contributed by atoms with van der Waals surface area (Å²) < 4.78 is 30.5. The van der Waals surface area contributed by atoms with Gasteiger partial charge in [-0.1, -0.05) is 5.16 Å². The van der Waals surface area contributed by atoms with Crippen LogP contribution in [0.4, 0.5) is 5.88 Å². The fraction of sp³-hybridized carbons (Fsp3) is 0.667. The van der Waals surface area contributed by atoms with Gasteiger partial charge in [0.2, 0.25) is 21.8 Å². The lowest BCUT2D eigenvalue weighted by Gasteiger charge is -2.43. The number of aryl methyl sites for hydroxylation is 1. The number of likely N-dealkylation sites (N-methyl/N-ethyl adjacent to an activating group) is 1. The van der Waals surface area contributed by atoms with Crippen molar-refractivity contribution in [2.24, 2.45) is 0 Å². The predicted molar refractivity (Wildman–Crippen MR) is 125 cm³/mol. The number of carbonyl (C=O) groups is 1. The molecule has 178 valence electrons. The average Bonchev–Trinajstić information content (AvgIpc) is 3.36. The first kappa shape index (κ1) is 24.8. The molecule has 1 N–H and O–H groups in total. The summed E-state index contributed by atoms with van der Waals surface area (Å²) in [5.41, 5.74) is -0.497. The SMILES string of the molecule is Cc1ncc(C(C)(C)c2cc(NC(=O)C(C)(C)N(C)C3CCN(S(C)(=O)=O)CC3)on2)s1. The number of aromatic nitrogens is 2. The van der Waals surface area contributed by atoms with Crippen molar-refractivity contribution in [3.63, 3.8) is 0 Å². The molecule has 0 spiro atoms. The minimum Gasteiger partial charge on any atom is -0.338 e. The highest BCUT2D eigenvalue weighted by Gasteiger charge is 2.39. The summed E-state index contributed by atoms with van der Waals surface area (Å²) in [5.74, 6) is 0.0902. The zero-order valence-electron chi connectivity index (χ0n) is 19.8. The quantitative estimate of drug-likeness (QED) is 0.645. The second kappa shape index (κ2) is 8.85. The number of rotatable bonds is 7. The Labute approximate surface area is 194 Å². The molecule has 0 aliphatic carbocycles. The van der Waals surface area contributed by atoms with Gasteiger partial charge in [0.1, 0.15) is 0 Å². The topological polar surface area (TPSA) is 109 Å². The summed E-state index contributed by atoms with van der Waals surface area (Å²) in [4.78, 5) is 20.5. The molecule has 3 heterocycles. The maximum Gasteiger partial charge on any atom is 0.246 e. The standard InChI is InChI=1S/C21H33N5O4S2/c1-14-22-13-17(31-14)20(2,3)16-12-18(30-24-16)23-19(27)21(4,5)25(6)15-8-10-26(11-9-15)32(7,28)29/h12-13,15H,8-11H2,1-7H3,(H,23,27). The Bertz CT molecular complexity index is 1070. The van der Waals surface area contributed by atoms with Gasteiger partial charge < -0.3 is 4.52 Å². The Kier molecular flexibility index (Phi) is 6.86. The largest absolute Gasteiger partial charge is 0.338 e. The number of sulfonamides is 1. The van der Waals surface area contributed by atoms with Crippen molar-refractivity contribution < 1.29 is 17.7 Å². The summed E-state index contributed by atoms with van der Waals surface area (Å²) in [7, 11) is -1.28. The third-order valence-electron chi connectivity index (χ3n) is 6.50. The number of thiazole rings is 1. The maximum atomic E-state index is 13.1. The molecule has 2 aromatic rings. The highest BCUT2D eigenvalue weighted by Crippen LogP contribution is 2.35. The molecule has 32 heavy (non-hydrogen) atoms. The van der Waals surface area contributed by atoms with Crippen LogP contribution in [0.5, 0.6) is 0 Å². The van der Waals surface area contributed by atoms with E-state index in [0.717, 1.165) is 15.6 Å². The van der Waals surface area contributed by atoms with Crippen molar-refractivity contribution in [3.8, 4) is 0 Å². The summed E-state index contributed by atoms with van der Waals surface area (Å²) in [5, 5.41) is 8.03. The van der Waals surface area contributed by atoms with E-state index in [1.54, 1.807) is 17.4 Å². The maximum absolute atomic E-state index is 13.1. The van der Waals surface area contributed by atoms with E-state index in [1.165, 1.54) is 10.6 Å². The second-order valence-electron chi connectivity index (χ2n) is 9.46. The molecule has 3 rings (SSSR count). The van der Waals surface area contributed by atoms with Gasteiger partial charge in [0.05, 0.1) is 22.5 Å². The molecule has 1 amide bonds. The van der Waals surface area contributed by atoms with E-state index in [-0.39, 0.29) is 11.9 Å². The van der Waals surface area contributed by atoms with E-state index in [0.29, 0.717) is 31.8 Å². The first-order valence-corrected chi connectivity index (χ1v) is 13.3. The molecule has 2 aromatic heterocycles. The Morgan fingerprint density at radius 1 is 1.28 bits per heavy atom. The minimum absolute atomic E-state index is 0.104. The van der Waals surface area contributed by atoms with Crippen LogP contribution in [0.25, 0.3) is 0 Å². The molecule has 0 atom stereocenters. The van der Waals surface area contributed by atoms with Crippen LogP contribution >= 0.6 is 11.3 Å². The third kappa shape index (κ3) is 5.05. The summed E-state index contributed by atoms with van der Waals surface area (Å²) >= 11 is 1.61. The number of amides is 1. The molecule has 0 saturated carbocycles. The fourth-order valence-corrected chi connectivity index (χ4v) is 5.61. The number of carbonyl (C=O) groups excluding carboxylic acids is 1. The molecule has 1 aliphatic rings. The van der Waals surface area contributed by atoms with Crippen LogP contribution in [-0.4, -0.2) is 71.6 Å². The number of nitrogens with one attached hydrogen (secondary N) is 1. The van der Waals surface area contributed by atoms with Crippen molar-refractivity contribution in [2.75, 3.05) is 31.7 Å². The van der Waals surface area contributed by atoms with Crippen LogP contribution in [-0.2, 0) is 20.2 Å². The van der Waals surface area contributed by atoms with Crippen LogP contribution in [0, 0.1) is 6.92 Å². The lowest BCUT2D eigenvalue weighted by atomic mass is 9.88. The molecule has 1 aliphatic heterocycles. The first-order chi connectivity index (χ1) is 14.7. The number of hydrogen-bond donors (Lipinski definition) is 1. The Hall–Kier alpha value is -1.82. The fourth-order valence-electron chi connectivity index (χ4n) is 3.85. The van der Waals surface area contributed by atoms with Gasteiger partial charge in [0, 0.05) is 41.7 Å². The molecule has 0 unspecified atom stereocenters. The van der Waals surface area contributed by atoms with Crippen molar-refractivity contribution in [1.82, 2.24) is 19.3 Å². The smallest absolute Gasteiger partial charge is 0.246 e. The van der Waals surface area contributed by atoms with E-state index in [4.69, 9.17) is 4.52 Å². The zero-order chi connectivity index (χ0) is 23.9. The van der Waals surface area contributed by atoms with Crippen LogP contribution in [0.15, 0.2) is 16.8 Å². The van der Waals surface area contributed by atoms with Crippen LogP contribution in [0.1, 0.15) is 56.1 Å². The highest BCUT2D eigenvalue weighted by atomic mass is 32.2. The normalized spacial score (nSPS) is 17.1. The summed E-state index contributed by atoms with van der Waals surface area (Å²) in [6.07, 6.45) is 4.43. The molecule has 0 aromatic carbocycles. The van der Waals surface area contributed by atoms with Gasteiger partial charge in [-0.25, -0.2) is 17.7 Å². The lowest BCUT2D eigenvalue weighted by molar-refractivity contribution is -0.127. The van der Waals surface area contributed by atoms with Gasteiger partial charge in [-0.3, -0.25) is 15.0 Å². The third-order valence-corrected chi connectivity index (χ3v) is 9.04. The second-order valence-corrected chi connectivity index (χ2v) is 12.7. The van der Waals surface area contributed by atoms with Gasteiger partial charge >= 0.3 is 0 Å². The van der Waals surface area contributed by atoms with Crippen molar-refractivity contribution in [1.29, 1.82) is 0 Å². The van der Waals surface area contributed by atoms with Crippen LogP contribution < -0.4 is 5.32 Å². The van der Waals surface area contributed by atoms with Crippen molar-refractivity contribution >= 4 is 33.2 Å². The highest BCUT2D eigenvalue weighted by molar-refractivity contribution is 7.88. The number of nitrogens with zero attached hydrogens (tertiary/aromatic N) is 4. The van der Waals surface area contributed by atoms with Gasteiger partial charge in [0.25, 0.3) is 0 Å². The van der Waals surface area contributed by atoms with Crippen molar-refractivity contribution in [3.05, 3.63) is 27.8 Å². The van der Waals surface area contributed by atoms with Gasteiger partial charge in [-0.2, -0.15) is 0 Å². The molecule has 11 heteroatoms. The van der Waals surface area contributed by atoms with Gasteiger partial charge in [-0.05, 0) is 54.5 Å². The molecule has 9 nitrogen and oxygen atoms in total. The molecule has 1 saturated heterocycles. The Morgan fingerprint density at radius 3 is 2.44 bits per heavy atom. The summed E-state index contributed by atoms with van der Waals surface area (Å²) in [6, 6.07) is 1.86. The minimum atomic E-state index is -3.18. The van der Waals surface area contributed by atoms with E-state index < -0.39 is 21.0 Å². The Morgan fingerprint density at radius 2 is 1.91 bits per heavy atom. The van der Waals surface area contributed by atoms with Crippen LogP contribution in [0.3, 0.4) is 0 Å². The lowest BCUT2D eigenvalue weighted by Crippen LogP contribution is -2.57. The average molecular weight is 484 g/mol. The number of anilines is 1. The van der Waals surface area contributed by atoms with E-state index in [2.05, 4.69) is 15.5 Å². The van der Waals surface area contributed by atoms with Gasteiger partial charge in [-0.15, -0.1) is 11.3 Å². The summed E-state index contributed by atoms with van der Waals surface area (Å²) in [6.45, 7) is 10.7. The molecular weight excluding hydrogens is 450 g/mol. The molecule has 0 bridgehead atoms. The predicted octanol–water partition coefficient (Wildman–Crippen LogP) is 2.84. The Balaban J connectivity index is 1.66. The number of piperidine rings is 1. The van der Waals surface area contributed by atoms with E-state index in [9.17, 15) is 13.2 Å². The zero-order valence-corrected chi connectivity index (χ0v) is 21.4. The van der Waals surface area contributed by atoms with E-state index >= 15 is 0 Å². The van der Waals surface area contributed by atoms with Crippen molar-refractivity contribution in [2.45, 2.75) is 64.5 Å². The monoisotopic (exact) mass is 483 g/mol. The van der Waals surface area contributed by atoms with Crippen LogP contribution in [0.2, 0.25) is 0 Å². The molecule has 1 fully saturated rings. The number of hydrogen-bond acceptors (Lipinski definition) is 8.